The van der Waals surface area contributed by atoms with E-state index >= 15 is 0 Å². The van der Waals surface area contributed by atoms with Gasteiger partial charge in [-0.1, -0.05) is 29.3 Å². The molecule has 2 aromatic rings. The van der Waals surface area contributed by atoms with Crippen molar-refractivity contribution < 1.29 is 4.79 Å². The van der Waals surface area contributed by atoms with Gasteiger partial charge in [0, 0.05) is 12.1 Å². The number of ketones is 1. The van der Waals surface area contributed by atoms with Gasteiger partial charge in [0.15, 0.2) is 0 Å². The Labute approximate surface area is 111 Å². The standard InChI is InChI=1S/C14H15ClN2O/c1-4-17-13(12(15)8-16-17)14(18)11-7-9(2)5-6-10(11)3/h5-8H,4H2,1-3H3. The van der Waals surface area contributed by atoms with Gasteiger partial charge in [-0.2, -0.15) is 5.10 Å². The third kappa shape index (κ3) is 2.18. The van der Waals surface area contributed by atoms with Gasteiger partial charge in [-0.3, -0.25) is 9.48 Å². The molecule has 0 aliphatic rings. The molecule has 3 nitrogen and oxygen atoms in total. The number of aryl methyl sites for hydroxylation is 3. The Bertz CT molecular complexity index is 602. The minimum absolute atomic E-state index is 0.0689. The summed E-state index contributed by atoms with van der Waals surface area (Å²) >= 11 is 6.06. The Morgan fingerprint density at radius 3 is 2.78 bits per heavy atom. The van der Waals surface area contributed by atoms with Gasteiger partial charge in [-0.05, 0) is 32.4 Å². The minimum atomic E-state index is -0.0689. The Balaban J connectivity index is 2.54. The molecule has 0 amide bonds. The molecular formula is C14H15ClN2O. The van der Waals surface area contributed by atoms with Gasteiger partial charge in [0.05, 0.1) is 11.2 Å². The first-order valence-electron chi connectivity index (χ1n) is 5.87. The SMILES string of the molecule is CCn1ncc(Cl)c1C(=O)c1cc(C)ccc1C. The van der Waals surface area contributed by atoms with Gasteiger partial charge >= 0.3 is 0 Å². The van der Waals surface area contributed by atoms with Crippen molar-refractivity contribution in [3.63, 3.8) is 0 Å². The fourth-order valence-electron chi connectivity index (χ4n) is 1.94. The highest BCUT2D eigenvalue weighted by atomic mass is 35.5. The van der Waals surface area contributed by atoms with E-state index in [1.807, 2.05) is 39.0 Å². The molecule has 0 saturated carbocycles. The lowest BCUT2D eigenvalue weighted by Gasteiger charge is -2.08. The molecule has 0 bridgehead atoms. The van der Waals surface area contributed by atoms with Crippen molar-refractivity contribution in [3.8, 4) is 0 Å². The molecular weight excluding hydrogens is 248 g/mol. The van der Waals surface area contributed by atoms with E-state index in [-0.39, 0.29) is 5.78 Å². The van der Waals surface area contributed by atoms with Crippen LogP contribution >= 0.6 is 11.6 Å². The molecule has 0 spiro atoms. The smallest absolute Gasteiger partial charge is 0.212 e. The number of hydrogen-bond donors (Lipinski definition) is 0. The molecule has 18 heavy (non-hydrogen) atoms. The highest BCUT2D eigenvalue weighted by Crippen LogP contribution is 2.21. The van der Waals surface area contributed by atoms with Crippen molar-refractivity contribution in [2.75, 3.05) is 0 Å². The van der Waals surface area contributed by atoms with Crippen LogP contribution in [0.2, 0.25) is 5.02 Å². The van der Waals surface area contributed by atoms with Crippen molar-refractivity contribution >= 4 is 17.4 Å². The van der Waals surface area contributed by atoms with Crippen LogP contribution in [-0.4, -0.2) is 15.6 Å². The molecule has 0 aliphatic heterocycles. The van der Waals surface area contributed by atoms with Crippen LogP contribution in [-0.2, 0) is 6.54 Å². The maximum absolute atomic E-state index is 12.5. The molecule has 94 valence electrons. The molecule has 2 rings (SSSR count). The van der Waals surface area contributed by atoms with E-state index in [1.165, 1.54) is 6.20 Å². The van der Waals surface area contributed by atoms with Crippen LogP contribution in [0.1, 0.15) is 34.1 Å². The van der Waals surface area contributed by atoms with Crippen LogP contribution < -0.4 is 0 Å². The van der Waals surface area contributed by atoms with E-state index in [9.17, 15) is 4.79 Å². The summed E-state index contributed by atoms with van der Waals surface area (Å²) in [4.78, 5) is 12.5. The van der Waals surface area contributed by atoms with Gasteiger partial charge in [0.1, 0.15) is 5.69 Å². The molecule has 0 radical (unpaired) electrons. The van der Waals surface area contributed by atoms with Gasteiger partial charge in [0.2, 0.25) is 5.78 Å². The van der Waals surface area contributed by atoms with Crippen LogP contribution in [0.5, 0.6) is 0 Å². The number of hydrogen-bond acceptors (Lipinski definition) is 2. The quantitative estimate of drug-likeness (QED) is 0.795. The lowest BCUT2D eigenvalue weighted by molar-refractivity contribution is 0.102. The maximum atomic E-state index is 12.5. The van der Waals surface area contributed by atoms with Crippen LogP contribution in [0.4, 0.5) is 0 Å². The summed E-state index contributed by atoms with van der Waals surface area (Å²) in [7, 11) is 0. The van der Waals surface area contributed by atoms with Crippen LogP contribution in [0.25, 0.3) is 0 Å². The normalized spacial score (nSPS) is 10.7. The van der Waals surface area contributed by atoms with Crippen molar-refractivity contribution in [3.05, 3.63) is 51.8 Å². The van der Waals surface area contributed by atoms with E-state index in [0.717, 1.165) is 11.1 Å². The summed E-state index contributed by atoms with van der Waals surface area (Å²) in [6.45, 7) is 6.45. The summed E-state index contributed by atoms with van der Waals surface area (Å²) in [5.41, 5.74) is 3.16. The van der Waals surface area contributed by atoms with Gasteiger partial charge in [0.25, 0.3) is 0 Å². The second kappa shape index (κ2) is 4.94. The Morgan fingerprint density at radius 2 is 2.11 bits per heavy atom. The summed E-state index contributed by atoms with van der Waals surface area (Å²) in [5.74, 6) is -0.0689. The number of benzene rings is 1. The first kappa shape index (κ1) is 12.8. The average molecular weight is 263 g/mol. The first-order valence-corrected chi connectivity index (χ1v) is 6.25. The number of nitrogens with zero attached hydrogens (tertiary/aromatic N) is 2. The molecule has 0 N–H and O–H groups in total. The highest BCUT2D eigenvalue weighted by molar-refractivity contribution is 6.34. The molecule has 0 unspecified atom stereocenters. The lowest BCUT2D eigenvalue weighted by Crippen LogP contribution is -2.12. The molecule has 1 aromatic carbocycles. The fraction of sp³-hybridized carbons (Fsp3) is 0.286. The van der Waals surface area contributed by atoms with Crippen molar-refractivity contribution in [2.24, 2.45) is 0 Å². The van der Waals surface area contributed by atoms with E-state index in [0.29, 0.717) is 22.8 Å². The summed E-state index contributed by atoms with van der Waals surface area (Å²) in [6, 6.07) is 5.83. The van der Waals surface area contributed by atoms with Crippen molar-refractivity contribution in [1.29, 1.82) is 0 Å². The number of carbonyl (C=O) groups excluding carboxylic acids is 1. The van der Waals surface area contributed by atoms with E-state index < -0.39 is 0 Å². The Hall–Kier alpha value is -1.61. The number of rotatable bonds is 3. The Morgan fingerprint density at radius 1 is 1.39 bits per heavy atom. The first-order chi connectivity index (χ1) is 8.54. The zero-order valence-corrected chi connectivity index (χ0v) is 11.5. The maximum Gasteiger partial charge on any atom is 0.212 e. The van der Waals surface area contributed by atoms with E-state index in [1.54, 1.807) is 4.68 Å². The topological polar surface area (TPSA) is 34.9 Å². The lowest BCUT2D eigenvalue weighted by atomic mass is 10.0. The van der Waals surface area contributed by atoms with Crippen molar-refractivity contribution in [1.82, 2.24) is 9.78 Å². The van der Waals surface area contributed by atoms with Crippen LogP contribution in [0.3, 0.4) is 0 Å². The van der Waals surface area contributed by atoms with Crippen LogP contribution in [0.15, 0.2) is 24.4 Å². The molecule has 0 aliphatic carbocycles. The van der Waals surface area contributed by atoms with E-state index in [2.05, 4.69) is 5.10 Å². The molecule has 4 heteroatoms. The van der Waals surface area contributed by atoms with E-state index in [4.69, 9.17) is 11.6 Å². The third-order valence-electron chi connectivity index (χ3n) is 2.95. The van der Waals surface area contributed by atoms with Crippen molar-refractivity contribution in [2.45, 2.75) is 27.3 Å². The third-order valence-corrected chi connectivity index (χ3v) is 3.22. The minimum Gasteiger partial charge on any atom is -0.287 e. The van der Waals surface area contributed by atoms with Gasteiger partial charge in [-0.15, -0.1) is 0 Å². The summed E-state index contributed by atoms with van der Waals surface area (Å²) < 4.78 is 1.63. The zero-order valence-electron chi connectivity index (χ0n) is 10.7. The van der Waals surface area contributed by atoms with Gasteiger partial charge in [-0.25, -0.2) is 0 Å². The number of aromatic nitrogens is 2. The van der Waals surface area contributed by atoms with Gasteiger partial charge < -0.3 is 0 Å². The summed E-state index contributed by atoms with van der Waals surface area (Å²) in [5, 5.41) is 4.50. The highest BCUT2D eigenvalue weighted by Gasteiger charge is 2.20. The zero-order chi connectivity index (χ0) is 13.3. The molecule has 1 aromatic heterocycles. The molecule has 0 saturated heterocycles. The molecule has 1 heterocycles. The van der Waals surface area contributed by atoms with Crippen LogP contribution in [0, 0.1) is 13.8 Å². The monoisotopic (exact) mass is 262 g/mol. The Kier molecular flexibility index (Phi) is 3.53. The summed E-state index contributed by atoms with van der Waals surface area (Å²) in [6.07, 6.45) is 1.52. The number of carbonyl (C=O) groups is 1. The number of halogens is 1. The second-order valence-corrected chi connectivity index (χ2v) is 4.71. The largest absolute Gasteiger partial charge is 0.287 e. The fourth-order valence-corrected chi connectivity index (χ4v) is 2.16. The predicted octanol–water partition coefficient (Wildman–Crippen LogP) is 3.40. The average Bonchev–Trinajstić information content (AvgIpc) is 2.72. The molecule has 0 fully saturated rings. The predicted molar refractivity (Wildman–Crippen MR) is 72.3 cm³/mol. The molecule has 0 atom stereocenters. The second-order valence-electron chi connectivity index (χ2n) is 4.30.